The van der Waals surface area contributed by atoms with Crippen molar-refractivity contribution < 1.29 is 9.59 Å². The fraction of sp³-hybridized carbons (Fsp3) is 0.857. The number of carbonyl (C=O) groups excluding carboxylic acids is 2. The number of rotatable bonds is 7. The lowest BCUT2D eigenvalue weighted by molar-refractivity contribution is -0.132. The third-order valence-corrected chi connectivity index (χ3v) is 3.96. The van der Waals surface area contributed by atoms with Crippen molar-refractivity contribution in [3.63, 3.8) is 0 Å². The molecule has 0 saturated carbocycles. The van der Waals surface area contributed by atoms with Gasteiger partial charge in [-0.25, -0.2) is 0 Å². The highest BCUT2D eigenvalue weighted by molar-refractivity contribution is 5.84. The molecule has 1 fully saturated rings. The molecule has 0 aliphatic carbocycles. The van der Waals surface area contributed by atoms with Crippen LogP contribution in [0.1, 0.15) is 40.0 Å². The van der Waals surface area contributed by atoms with Crippen molar-refractivity contribution >= 4 is 11.8 Å². The van der Waals surface area contributed by atoms with Crippen LogP contribution in [0.4, 0.5) is 0 Å². The fourth-order valence-electron chi connectivity index (χ4n) is 2.48. The lowest BCUT2D eigenvalue weighted by Gasteiger charge is -2.31. The minimum Gasteiger partial charge on any atom is -0.356 e. The van der Waals surface area contributed by atoms with Crippen molar-refractivity contribution in [1.82, 2.24) is 16.0 Å². The van der Waals surface area contributed by atoms with Gasteiger partial charge >= 0.3 is 0 Å². The molecule has 2 amide bonds. The first-order chi connectivity index (χ1) is 9.03. The molecule has 0 aromatic heterocycles. The van der Waals surface area contributed by atoms with E-state index in [2.05, 4.69) is 29.8 Å². The van der Waals surface area contributed by atoms with E-state index in [0.29, 0.717) is 25.4 Å². The number of hydrogen-bond acceptors (Lipinski definition) is 3. The SMILES string of the molecule is CCCNC(=O)CCNC(=O)C1(C(C)C)CCNC1. The van der Waals surface area contributed by atoms with E-state index in [1.54, 1.807) is 0 Å². The molecule has 1 aliphatic rings. The molecule has 19 heavy (non-hydrogen) atoms. The first kappa shape index (κ1) is 16.0. The molecular weight excluding hydrogens is 242 g/mol. The van der Waals surface area contributed by atoms with Crippen LogP contribution in [0.3, 0.4) is 0 Å². The maximum Gasteiger partial charge on any atom is 0.227 e. The van der Waals surface area contributed by atoms with Gasteiger partial charge in [-0.05, 0) is 25.3 Å². The van der Waals surface area contributed by atoms with Gasteiger partial charge in [0.1, 0.15) is 0 Å². The van der Waals surface area contributed by atoms with E-state index >= 15 is 0 Å². The monoisotopic (exact) mass is 269 g/mol. The van der Waals surface area contributed by atoms with Crippen molar-refractivity contribution in [3.8, 4) is 0 Å². The van der Waals surface area contributed by atoms with Gasteiger partial charge in [0, 0.05) is 26.1 Å². The fourth-order valence-corrected chi connectivity index (χ4v) is 2.48. The van der Waals surface area contributed by atoms with Crippen LogP contribution in [0.15, 0.2) is 0 Å². The maximum absolute atomic E-state index is 12.3. The quantitative estimate of drug-likeness (QED) is 0.636. The molecule has 1 saturated heterocycles. The van der Waals surface area contributed by atoms with E-state index in [1.807, 2.05) is 6.92 Å². The Morgan fingerprint density at radius 3 is 2.53 bits per heavy atom. The zero-order valence-electron chi connectivity index (χ0n) is 12.3. The largest absolute Gasteiger partial charge is 0.356 e. The molecule has 1 atom stereocenters. The molecule has 3 N–H and O–H groups in total. The lowest BCUT2D eigenvalue weighted by Crippen LogP contribution is -2.46. The standard InChI is InChI=1S/C14H27N3O2/c1-4-7-16-12(18)5-8-17-13(19)14(11(2)3)6-9-15-10-14/h11,15H,4-10H2,1-3H3,(H,16,18)(H,17,19). The highest BCUT2D eigenvalue weighted by Gasteiger charge is 2.43. The van der Waals surface area contributed by atoms with Gasteiger partial charge in [0.05, 0.1) is 5.41 Å². The molecule has 0 aromatic rings. The molecular formula is C14H27N3O2. The summed E-state index contributed by atoms with van der Waals surface area (Å²) in [5, 5.41) is 8.98. The van der Waals surface area contributed by atoms with Gasteiger partial charge in [0.2, 0.25) is 11.8 Å². The smallest absolute Gasteiger partial charge is 0.227 e. The molecule has 0 bridgehead atoms. The Kier molecular flexibility index (Phi) is 6.28. The normalized spacial score (nSPS) is 22.5. The van der Waals surface area contributed by atoms with Gasteiger partial charge in [-0.2, -0.15) is 0 Å². The van der Waals surface area contributed by atoms with Crippen LogP contribution in [-0.2, 0) is 9.59 Å². The van der Waals surface area contributed by atoms with Crippen LogP contribution in [0, 0.1) is 11.3 Å². The van der Waals surface area contributed by atoms with E-state index in [-0.39, 0.29) is 17.2 Å². The summed E-state index contributed by atoms with van der Waals surface area (Å²) >= 11 is 0. The second-order valence-corrected chi connectivity index (χ2v) is 5.59. The summed E-state index contributed by atoms with van der Waals surface area (Å²) < 4.78 is 0. The number of hydrogen-bond donors (Lipinski definition) is 3. The Morgan fingerprint density at radius 2 is 2.00 bits per heavy atom. The summed E-state index contributed by atoms with van der Waals surface area (Å²) in [6, 6.07) is 0. The minimum absolute atomic E-state index is 0.00490. The van der Waals surface area contributed by atoms with Crippen LogP contribution in [0.25, 0.3) is 0 Å². The van der Waals surface area contributed by atoms with E-state index in [9.17, 15) is 9.59 Å². The Balaban J connectivity index is 2.36. The van der Waals surface area contributed by atoms with E-state index in [0.717, 1.165) is 25.9 Å². The third kappa shape index (κ3) is 4.20. The van der Waals surface area contributed by atoms with Crippen molar-refractivity contribution in [3.05, 3.63) is 0 Å². The molecule has 0 radical (unpaired) electrons. The predicted octanol–water partition coefficient (Wildman–Crippen LogP) is 0.655. The maximum atomic E-state index is 12.3. The Labute approximate surface area is 115 Å². The van der Waals surface area contributed by atoms with Crippen LogP contribution in [0.2, 0.25) is 0 Å². The summed E-state index contributed by atoms with van der Waals surface area (Å²) in [6.07, 6.45) is 2.16. The lowest BCUT2D eigenvalue weighted by atomic mass is 9.75. The van der Waals surface area contributed by atoms with Gasteiger partial charge in [-0.15, -0.1) is 0 Å². The predicted molar refractivity (Wildman–Crippen MR) is 75.7 cm³/mol. The van der Waals surface area contributed by atoms with Gasteiger partial charge in [-0.1, -0.05) is 20.8 Å². The average molecular weight is 269 g/mol. The molecule has 1 heterocycles. The Hall–Kier alpha value is -1.10. The van der Waals surface area contributed by atoms with Gasteiger partial charge < -0.3 is 16.0 Å². The van der Waals surface area contributed by atoms with E-state index < -0.39 is 0 Å². The summed E-state index contributed by atoms with van der Waals surface area (Å²) in [5.74, 6) is 0.387. The van der Waals surface area contributed by atoms with Crippen LogP contribution in [0.5, 0.6) is 0 Å². The van der Waals surface area contributed by atoms with Crippen LogP contribution < -0.4 is 16.0 Å². The highest BCUT2D eigenvalue weighted by Crippen LogP contribution is 2.34. The van der Waals surface area contributed by atoms with Crippen molar-refractivity contribution in [2.75, 3.05) is 26.2 Å². The summed E-state index contributed by atoms with van der Waals surface area (Å²) in [7, 11) is 0. The third-order valence-electron chi connectivity index (χ3n) is 3.96. The summed E-state index contributed by atoms with van der Waals surface area (Å²) in [6.45, 7) is 8.93. The first-order valence-electron chi connectivity index (χ1n) is 7.28. The Morgan fingerprint density at radius 1 is 1.26 bits per heavy atom. The van der Waals surface area contributed by atoms with Crippen LogP contribution in [-0.4, -0.2) is 38.0 Å². The van der Waals surface area contributed by atoms with Crippen molar-refractivity contribution in [2.45, 2.75) is 40.0 Å². The Bertz CT molecular complexity index is 310. The highest BCUT2D eigenvalue weighted by atomic mass is 16.2. The zero-order valence-corrected chi connectivity index (χ0v) is 12.3. The van der Waals surface area contributed by atoms with Gasteiger partial charge in [0.25, 0.3) is 0 Å². The summed E-state index contributed by atoms with van der Waals surface area (Å²) in [5.41, 5.74) is -0.306. The molecule has 1 aliphatic heterocycles. The molecule has 5 nitrogen and oxygen atoms in total. The molecule has 1 unspecified atom stereocenters. The summed E-state index contributed by atoms with van der Waals surface area (Å²) in [4.78, 5) is 23.8. The first-order valence-corrected chi connectivity index (χ1v) is 7.28. The minimum atomic E-state index is -0.306. The number of amides is 2. The second kappa shape index (κ2) is 7.48. The second-order valence-electron chi connectivity index (χ2n) is 5.59. The van der Waals surface area contributed by atoms with Crippen LogP contribution >= 0.6 is 0 Å². The zero-order chi connectivity index (χ0) is 14.3. The molecule has 5 heteroatoms. The molecule has 0 aromatic carbocycles. The van der Waals surface area contributed by atoms with E-state index in [4.69, 9.17) is 0 Å². The topological polar surface area (TPSA) is 70.2 Å². The molecule has 110 valence electrons. The van der Waals surface area contributed by atoms with Gasteiger partial charge in [-0.3, -0.25) is 9.59 Å². The van der Waals surface area contributed by atoms with Crippen molar-refractivity contribution in [2.24, 2.45) is 11.3 Å². The average Bonchev–Trinajstić information content (AvgIpc) is 2.86. The van der Waals surface area contributed by atoms with E-state index in [1.165, 1.54) is 0 Å². The number of carbonyl (C=O) groups is 2. The molecule has 0 spiro atoms. The number of nitrogens with one attached hydrogen (secondary N) is 3. The van der Waals surface area contributed by atoms with Gasteiger partial charge in [0.15, 0.2) is 0 Å². The van der Waals surface area contributed by atoms with Crippen molar-refractivity contribution in [1.29, 1.82) is 0 Å². The molecule has 1 rings (SSSR count).